The Balaban J connectivity index is 2.09. The van der Waals surface area contributed by atoms with Gasteiger partial charge < -0.3 is 24.4 Å². The normalized spacial score (nSPS) is 31.5. The van der Waals surface area contributed by atoms with Crippen LogP contribution in [-0.2, 0) is 11.2 Å². The molecule has 25 heavy (non-hydrogen) atoms. The Bertz CT molecular complexity index is 639. The molecule has 0 amide bonds. The van der Waals surface area contributed by atoms with Gasteiger partial charge in [0.15, 0.2) is 6.79 Å². The summed E-state index contributed by atoms with van der Waals surface area (Å²) in [6.45, 7) is 8.26. The van der Waals surface area contributed by atoms with E-state index in [1.54, 1.807) is 14.0 Å². The Morgan fingerprint density at radius 2 is 2.04 bits per heavy atom. The highest BCUT2D eigenvalue weighted by atomic mass is 16.7. The Kier molecular flexibility index (Phi) is 4.77. The summed E-state index contributed by atoms with van der Waals surface area (Å²) < 4.78 is 17.3. The molecule has 4 atom stereocenters. The molecule has 5 heteroatoms. The lowest BCUT2D eigenvalue weighted by atomic mass is 9.57. The van der Waals surface area contributed by atoms with Gasteiger partial charge in [0.1, 0.15) is 17.1 Å². The first kappa shape index (κ1) is 18.5. The monoisotopic (exact) mass is 350 g/mol. The van der Waals surface area contributed by atoms with E-state index in [9.17, 15) is 10.2 Å². The van der Waals surface area contributed by atoms with Crippen molar-refractivity contribution in [2.24, 2.45) is 11.3 Å². The summed E-state index contributed by atoms with van der Waals surface area (Å²) in [6.07, 6.45) is 1.30. The van der Waals surface area contributed by atoms with E-state index in [1.165, 1.54) is 0 Å². The predicted octanol–water partition coefficient (Wildman–Crippen LogP) is 3.21. The SMILES string of the molecule is COCOc1ccc(C(C)O)c2c1C[C@@H]1C(C)(C)[C@H](O)CC[C@@]1(C)O2. The Labute approximate surface area is 149 Å². The van der Waals surface area contributed by atoms with Gasteiger partial charge in [0.2, 0.25) is 0 Å². The van der Waals surface area contributed by atoms with E-state index in [0.29, 0.717) is 0 Å². The number of benzene rings is 1. The van der Waals surface area contributed by atoms with E-state index in [2.05, 4.69) is 20.8 Å². The van der Waals surface area contributed by atoms with Gasteiger partial charge >= 0.3 is 0 Å². The van der Waals surface area contributed by atoms with Crippen molar-refractivity contribution in [2.75, 3.05) is 13.9 Å². The van der Waals surface area contributed by atoms with Crippen LogP contribution < -0.4 is 9.47 Å². The molecule has 1 aromatic carbocycles. The zero-order chi connectivity index (χ0) is 18.4. The molecule has 1 heterocycles. The van der Waals surface area contributed by atoms with Gasteiger partial charge in [-0.25, -0.2) is 0 Å². The molecule has 0 bridgehead atoms. The Morgan fingerprint density at radius 3 is 2.68 bits per heavy atom. The van der Waals surface area contributed by atoms with Crippen molar-refractivity contribution in [3.63, 3.8) is 0 Å². The van der Waals surface area contributed by atoms with Gasteiger partial charge in [-0.1, -0.05) is 13.8 Å². The average Bonchev–Trinajstić information content (AvgIpc) is 2.55. The van der Waals surface area contributed by atoms with Gasteiger partial charge in [-0.05, 0) is 50.7 Å². The number of ether oxygens (including phenoxy) is 3. The maximum Gasteiger partial charge on any atom is 0.188 e. The molecule has 3 rings (SSSR count). The van der Waals surface area contributed by atoms with E-state index < -0.39 is 6.10 Å². The molecule has 1 fully saturated rings. The molecule has 1 saturated carbocycles. The maximum atomic E-state index is 10.5. The third-order valence-corrected chi connectivity index (χ3v) is 6.18. The van der Waals surface area contributed by atoms with E-state index in [1.807, 2.05) is 12.1 Å². The summed E-state index contributed by atoms with van der Waals surface area (Å²) >= 11 is 0. The molecular weight excluding hydrogens is 320 g/mol. The summed E-state index contributed by atoms with van der Waals surface area (Å²) in [6, 6.07) is 3.74. The second kappa shape index (κ2) is 6.45. The van der Waals surface area contributed by atoms with Crippen LogP contribution in [0.3, 0.4) is 0 Å². The van der Waals surface area contributed by atoms with Gasteiger partial charge in [-0.3, -0.25) is 0 Å². The number of fused-ring (bicyclic) bond motifs is 2. The van der Waals surface area contributed by atoms with Crippen molar-refractivity contribution < 1.29 is 24.4 Å². The quantitative estimate of drug-likeness (QED) is 0.816. The first-order valence-electron chi connectivity index (χ1n) is 9.03. The average molecular weight is 350 g/mol. The highest BCUT2D eigenvalue weighted by Gasteiger charge is 2.55. The van der Waals surface area contributed by atoms with Crippen molar-refractivity contribution in [1.82, 2.24) is 0 Å². The third kappa shape index (κ3) is 3.03. The summed E-state index contributed by atoms with van der Waals surface area (Å²) in [7, 11) is 1.59. The number of hydrogen-bond donors (Lipinski definition) is 2. The minimum Gasteiger partial charge on any atom is -0.486 e. The largest absolute Gasteiger partial charge is 0.486 e. The summed E-state index contributed by atoms with van der Waals surface area (Å²) in [5.74, 6) is 1.61. The van der Waals surface area contributed by atoms with Crippen LogP contribution in [0.25, 0.3) is 0 Å². The summed E-state index contributed by atoms with van der Waals surface area (Å²) in [4.78, 5) is 0. The van der Waals surface area contributed by atoms with Crippen molar-refractivity contribution in [3.05, 3.63) is 23.3 Å². The Morgan fingerprint density at radius 1 is 1.32 bits per heavy atom. The fraction of sp³-hybridized carbons (Fsp3) is 0.700. The van der Waals surface area contributed by atoms with Gasteiger partial charge in [0.25, 0.3) is 0 Å². The molecule has 1 aromatic rings. The van der Waals surface area contributed by atoms with Gasteiger partial charge in [0.05, 0.1) is 12.2 Å². The third-order valence-electron chi connectivity index (χ3n) is 6.18. The second-order valence-electron chi connectivity index (χ2n) is 8.23. The standard InChI is InChI=1S/C20H30O5/c1-12(21)13-6-7-15(24-11-23-5)14-10-16-19(2,3)17(22)8-9-20(16,4)25-18(13)14/h6-7,12,16-17,21-22H,8-11H2,1-5H3/t12?,16-,17-,20-/m1/s1. The fourth-order valence-electron chi connectivity index (χ4n) is 4.56. The smallest absolute Gasteiger partial charge is 0.188 e. The highest BCUT2D eigenvalue weighted by Crippen LogP contribution is 2.55. The molecule has 1 unspecified atom stereocenters. The topological polar surface area (TPSA) is 68.2 Å². The number of aliphatic hydroxyl groups excluding tert-OH is 2. The highest BCUT2D eigenvalue weighted by molar-refractivity contribution is 5.53. The summed E-state index contributed by atoms with van der Waals surface area (Å²) in [5, 5.41) is 20.7. The van der Waals surface area contributed by atoms with Crippen LogP contribution in [0.2, 0.25) is 0 Å². The molecule has 5 nitrogen and oxygen atoms in total. The van der Waals surface area contributed by atoms with E-state index >= 15 is 0 Å². The zero-order valence-electron chi connectivity index (χ0n) is 15.8. The van der Waals surface area contributed by atoms with Crippen molar-refractivity contribution >= 4 is 0 Å². The minimum absolute atomic E-state index is 0.158. The van der Waals surface area contributed by atoms with E-state index in [-0.39, 0.29) is 29.8 Å². The molecule has 0 radical (unpaired) electrons. The van der Waals surface area contributed by atoms with Crippen LogP contribution in [0.15, 0.2) is 12.1 Å². The van der Waals surface area contributed by atoms with Crippen LogP contribution in [0.5, 0.6) is 11.5 Å². The van der Waals surface area contributed by atoms with Gasteiger partial charge in [-0.15, -0.1) is 0 Å². The Hall–Kier alpha value is -1.30. The number of aliphatic hydroxyl groups is 2. The zero-order valence-corrected chi connectivity index (χ0v) is 15.8. The molecule has 2 aliphatic rings. The second-order valence-corrected chi connectivity index (χ2v) is 8.23. The first-order valence-corrected chi connectivity index (χ1v) is 9.03. The number of rotatable bonds is 4. The first-order chi connectivity index (χ1) is 11.7. The van der Waals surface area contributed by atoms with Gasteiger partial charge in [0, 0.05) is 24.2 Å². The number of methoxy groups -OCH3 is 1. The predicted molar refractivity (Wildman–Crippen MR) is 94.8 cm³/mol. The molecule has 140 valence electrons. The molecule has 0 saturated heterocycles. The fourth-order valence-corrected chi connectivity index (χ4v) is 4.56. The van der Waals surface area contributed by atoms with Gasteiger partial charge in [-0.2, -0.15) is 0 Å². The van der Waals surface area contributed by atoms with Crippen LogP contribution in [-0.4, -0.2) is 35.8 Å². The van der Waals surface area contributed by atoms with Crippen LogP contribution in [0.4, 0.5) is 0 Å². The lowest BCUT2D eigenvalue weighted by Crippen LogP contribution is -2.58. The van der Waals surface area contributed by atoms with Crippen LogP contribution >= 0.6 is 0 Å². The summed E-state index contributed by atoms with van der Waals surface area (Å²) in [5.41, 5.74) is 1.12. The molecule has 2 N–H and O–H groups in total. The molecule has 0 spiro atoms. The van der Waals surface area contributed by atoms with Crippen molar-refractivity contribution in [1.29, 1.82) is 0 Å². The maximum absolute atomic E-state index is 10.5. The lowest BCUT2D eigenvalue weighted by Gasteiger charge is -2.55. The van der Waals surface area contributed by atoms with Crippen LogP contribution in [0, 0.1) is 11.3 Å². The number of hydrogen-bond acceptors (Lipinski definition) is 5. The van der Waals surface area contributed by atoms with Crippen molar-refractivity contribution in [2.45, 2.75) is 64.8 Å². The lowest BCUT2D eigenvalue weighted by molar-refractivity contribution is -0.138. The molecule has 1 aliphatic heterocycles. The molecule has 1 aliphatic carbocycles. The van der Waals surface area contributed by atoms with Crippen LogP contribution in [0.1, 0.15) is 57.8 Å². The van der Waals surface area contributed by atoms with E-state index in [4.69, 9.17) is 14.2 Å². The molecular formula is C20H30O5. The van der Waals surface area contributed by atoms with Crippen molar-refractivity contribution in [3.8, 4) is 11.5 Å². The minimum atomic E-state index is -0.618. The van der Waals surface area contributed by atoms with E-state index in [0.717, 1.165) is 41.9 Å². The molecule has 0 aromatic heterocycles.